The van der Waals surface area contributed by atoms with Gasteiger partial charge in [-0.15, -0.1) is 10.2 Å². The molecule has 4 rings (SSSR count). The summed E-state index contributed by atoms with van der Waals surface area (Å²) in [5.41, 5.74) is 2.97. The molecule has 1 aliphatic heterocycles. The van der Waals surface area contributed by atoms with Gasteiger partial charge in [0.15, 0.2) is 23.4 Å². The van der Waals surface area contributed by atoms with Gasteiger partial charge in [0.25, 0.3) is 0 Å². The van der Waals surface area contributed by atoms with E-state index in [2.05, 4.69) is 27.4 Å². The molecule has 3 aromatic rings. The Hall–Kier alpha value is -3.20. The van der Waals surface area contributed by atoms with E-state index in [1.165, 1.54) is 33.5 Å². The van der Waals surface area contributed by atoms with Crippen LogP contribution in [0.4, 0.5) is 5.69 Å². The van der Waals surface area contributed by atoms with Gasteiger partial charge in [-0.25, -0.2) is 0 Å². The maximum atomic E-state index is 10.3. The first-order valence-electron chi connectivity index (χ1n) is 11.0. The first-order chi connectivity index (χ1) is 16.1. The fourth-order valence-electron chi connectivity index (χ4n) is 3.62. The number of nitrogens with one attached hydrogen (secondary N) is 1. The summed E-state index contributed by atoms with van der Waals surface area (Å²) in [5.74, 6) is 1.84. The number of benzene rings is 2. The Kier molecular flexibility index (Phi) is 7.39. The van der Waals surface area contributed by atoms with Crippen molar-refractivity contribution in [2.75, 3.05) is 25.3 Å². The molecule has 0 bridgehead atoms. The summed E-state index contributed by atoms with van der Waals surface area (Å²) < 4.78 is 17.0. The molecule has 33 heavy (non-hydrogen) atoms. The molecule has 1 unspecified atom stereocenters. The van der Waals surface area contributed by atoms with Crippen molar-refractivity contribution in [3.8, 4) is 34.4 Å². The number of aromatic hydroxyl groups is 1. The quantitative estimate of drug-likeness (QED) is 0.314. The molecule has 0 spiro atoms. The topological polar surface area (TPSA) is 98.6 Å². The van der Waals surface area contributed by atoms with Crippen molar-refractivity contribution in [2.24, 2.45) is 0 Å². The van der Waals surface area contributed by atoms with E-state index in [-0.39, 0.29) is 17.2 Å². The SMILES string of the molecule is CCCCCCSc1nnc2c(n1)OC(c1cc(OC)c(O)c(OC)c1)Nc1ccccc1-2. The Balaban J connectivity index is 1.68. The first-order valence-corrected chi connectivity index (χ1v) is 12.0. The average molecular weight is 469 g/mol. The van der Waals surface area contributed by atoms with E-state index < -0.39 is 6.23 Å². The summed E-state index contributed by atoms with van der Waals surface area (Å²) in [5, 5.41) is 23.1. The number of methoxy groups -OCH3 is 2. The largest absolute Gasteiger partial charge is 0.502 e. The number of hydrogen-bond acceptors (Lipinski definition) is 9. The minimum Gasteiger partial charge on any atom is -0.502 e. The molecule has 0 amide bonds. The predicted octanol–water partition coefficient (Wildman–Crippen LogP) is 5.44. The zero-order valence-electron chi connectivity index (χ0n) is 19.0. The normalized spacial score (nSPS) is 14.3. The average Bonchev–Trinajstić information content (AvgIpc) is 3.00. The Morgan fingerprint density at radius 2 is 1.82 bits per heavy atom. The molecule has 0 radical (unpaired) electrons. The van der Waals surface area contributed by atoms with Gasteiger partial charge < -0.3 is 24.6 Å². The number of anilines is 1. The number of phenols is 1. The van der Waals surface area contributed by atoms with Gasteiger partial charge >= 0.3 is 0 Å². The van der Waals surface area contributed by atoms with E-state index in [9.17, 15) is 5.11 Å². The molecular weight excluding hydrogens is 440 g/mol. The highest BCUT2D eigenvalue weighted by Crippen LogP contribution is 2.43. The van der Waals surface area contributed by atoms with Crippen LogP contribution in [0.3, 0.4) is 0 Å². The summed E-state index contributed by atoms with van der Waals surface area (Å²) in [6.07, 6.45) is 4.13. The van der Waals surface area contributed by atoms with Gasteiger partial charge in [-0.1, -0.05) is 56.1 Å². The molecule has 1 atom stereocenters. The number of rotatable bonds is 9. The van der Waals surface area contributed by atoms with E-state index in [0.717, 1.165) is 23.4 Å². The van der Waals surface area contributed by atoms with Gasteiger partial charge in [0.05, 0.1) is 14.2 Å². The zero-order valence-corrected chi connectivity index (χ0v) is 19.8. The van der Waals surface area contributed by atoms with E-state index in [0.29, 0.717) is 22.3 Å². The number of phenolic OH excluding ortho intramolecular Hbond substituents is 1. The van der Waals surface area contributed by atoms with Crippen molar-refractivity contribution in [3.63, 3.8) is 0 Å². The first kappa shape index (κ1) is 23.0. The van der Waals surface area contributed by atoms with Crippen molar-refractivity contribution in [1.82, 2.24) is 15.2 Å². The number of hydrogen-bond donors (Lipinski definition) is 2. The highest BCUT2D eigenvalue weighted by atomic mass is 32.2. The van der Waals surface area contributed by atoms with Gasteiger partial charge in [0.1, 0.15) is 0 Å². The van der Waals surface area contributed by atoms with Crippen LogP contribution in [-0.4, -0.2) is 40.3 Å². The minimum absolute atomic E-state index is 0.0658. The van der Waals surface area contributed by atoms with Gasteiger partial charge in [-0.05, 0) is 24.6 Å². The number of aromatic nitrogens is 3. The van der Waals surface area contributed by atoms with E-state index in [1.54, 1.807) is 23.9 Å². The molecule has 0 fully saturated rings. The second-order valence-electron chi connectivity index (χ2n) is 7.62. The van der Waals surface area contributed by atoms with Gasteiger partial charge in [0.2, 0.25) is 16.8 Å². The molecule has 8 nitrogen and oxygen atoms in total. The standard InChI is InChI=1S/C24H28N4O4S/c1-4-5-6-9-12-33-24-26-23-20(27-28-24)16-10-7-8-11-17(16)25-22(32-23)15-13-18(30-2)21(29)19(14-15)31-3/h7-8,10-11,13-14,22,25,29H,4-6,9,12H2,1-3H3. The predicted molar refractivity (Wildman–Crippen MR) is 128 cm³/mol. The maximum absolute atomic E-state index is 10.3. The van der Waals surface area contributed by atoms with Crippen LogP contribution in [0, 0.1) is 0 Å². The maximum Gasteiger partial charge on any atom is 0.247 e. The van der Waals surface area contributed by atoms with E-state index in [1.807, 2.05) is 24.3 Å². The Morgan fingerprint density at radius 3 is 2.55 bits per heavy atom. The van der Waals surface area contributed by atoms with Crippen LogP contribution in [0.1, 0.15) is 44.4 Å². The van der Waals surface area contributed by atoms with Crippen LogP contribution >= 0.6 is 11.8 Å². The third-order valence-electron chi connectivity index (χ3n) is 5.37. The summed E-state index contributed by atoms with van der Waals surface area (Å²) in [7, 11) is 2.98. The van der Waals surface area contributed by atoms with Crippen molar-refractivity contribution in [1.29, 1.82) is 0 Å². The van der Waals surface area contributed by atoms with Crippen molar-refractivity contribution < 1.29 is 19.3 Å². The number of thioether (sulfide) groups is 1. The Bertz CT molecular complexity index is 1090. The molecule has 2 N–H and O–H groups in total. The lowest BCUT2D eigenvalue weighted by Crippen LogP contribution is -2.17. The molecule has 174 valence electrons. The number of ether oxygens (including phenoxy) is 3. The molecule has 1 aromatic heterocycles. The molecule has 2 aromatic carbocycles. The number of fused-ring (bicyclic) bond motifs is 3. The Morgan fingerprint density at radius 1 is 1.06 bits per heavy atom. The molecule has 0 saturated heterocycles. The fraction of sp³-hybridized carbons (Fsp3) is 0.375. The van der Waals surface area contributed by atoms with Gasteiger partial charge in [0, 0.05) is 22.6 Å². The minimum atomic E-state index is -0.616. The van der Waals surface area contributed by atoms with Crippen molar-refractivity contribution >= 4 is 17.4 Å². The van der Waals surface area contributed by atoms with Gasteiger partial charge in [-0.2, -0.15) is 4.98 Å². The molecule has 0 aliphatic carbocycles. The monoisotopic (exact) mass is 468 g/mol. The zero-order chi connectivity index (χ0) is 23.2. The lowest BCUT2D eigenvalue weighted by Gasteiger charge is -2.21. The fourth-order valence-corrected chi connectivity index (χ4v) is 4.39. The van der Waals surface area contributed by atoms with Crippen molar-refractivity contribution in [2.45, 2.75) is 44.0 Å². The molecule has 2 heterocycles. The van der Waals surface area contributed by atoms with Crippen LogP contribution in [-0.2, 0) is 0 Å². The third kappa shape index (κ3) is 5.08. The lowest BCUT2D eigenvalue weighted by molar-refractivity contribution is 0.223. The summed E-state index contributed by atoms with van der Waals surface area (Å²) >= 11 is 1.58. The summed E-state index contributed by atoms with van der Waals surface area (Å²) in [6.45, 7) is 2.20. The number of nitrogens with zero attached hydrogens (tertiary/aromatic N) is 3. The number of unbranched alkanes of at least 4 members (excludes halogenated alkanes) is 3. The van der Waals surface area contributed by atoms with E-state index in [4.69, 9.17) is 14.2 Å². The Labute approximate surface area is 197 Å². The lowest BCUT2D eigenvalue weighted by atomic mass is 10.1. The van der Waals surface area contributed by atoms with Crippen LogP contribution in [0.5, 0.6) is 23.1 Å². The molecule has 0 saturated carbocycles. The molecule has 9 heteroatoms. The van der Waals surface area contributed by atoms with Crippen LogP contribution in [0.15, 0.2) is 41.6 Å². The summed E-state index contributed by atoms with van der Waals surface area (Å²) in [4.78, 5) is 4.68. The van der Waals surface area contributed by atoms with Crippen LogP contribution in [0.25, 0.3) is 11.3 Å². The van der Waals surface area contributed by atoms with Crippen LogP contribution < -0.4 is 19.5 Å². The third-order valence-corrected chi connectivity index (χ3v) is 6.29. The molecular formula is C24H28N4O4S. The highest BCUT2D eigenvalue weighted by molar-refractivity contribution is 7.99. The molecule has 1 aliphatic rings. The smallest absolute Gasteiger partial charge is 0.247 e. The highest BCUT2D eigenvalue weighted by Gasteiger charge is 2.27. The second kappa shape index (κ2) is 10.6. The van der Waals surface area contributed by atoms with E-state index >= 15 is 0 Å². The van der Waals surface area contributed by atoms with Gasteiger partial charge in [-0.3, -0.25) is 0 Å². The second-order valence-corrected chi connectivity index (χ2v) is 8.68. The van der Waals surface area contributed by atoms with Crippen LogP contribution in [0.2, 0.25) is 0 Å². The van der Waals surface area contributed by atoms with Crippen molar-refractivity contribution in [3.05, 3.63) is 42.0 Å². The number of para-hydroxylation sites is 1. The summed E-state index contributed by atoms with van der Waals surface area (Å²) in [6, 6.07) is 11.2.